The summed E-state index contributed by atoms with van der Waals surface area (Å²) in [4.78, 5) is 7.85. The van der Waals surface area contributed by atoms with Gasteiger partial charge in [-0.15, -0.1) is 0 Å². The van der Waals surface area contributed by atoms with Crippen LogP contribution >= 0.6 is 11.6 Å². The average molecular weight is 237 g/mol. The molecule has 0 fully saturated rings. The number of aromatic nitrogens is 1. The van der Waals surface area contributed by atoms with E-state index in [1.165, 1.54) is 16.8 Å². The SMILES string of the molecule is CCC1=CN=c2[nH]c(CC)c(C)c2=C(Cl)C1. The van der Waals surface area contributed by atoms with E-state index >= 15 is 0 Å². The molecule has 16 heavy (non-hydrogen) atoms. The van der Waals surface area contributed by atoms with Gasteiger partial charge in [0.25, 0.3) is 0 Å². The Balaban J connectivity index is 2.72. The predicted octanol–water partition coefficient (Wildman–Crippen LogP) is 2.55. The van der Waals surface area contributed by atoms with Crippen LogP contribution in [0.2, 0.25) is 0 Å². The van der Waals surface area contributed by atoms with E-state index in [1.54, 1.807) is 0 Å². The van der Waals surface area contributed by atoms with Crippen LogP contribution in [0.3, 0.4) is 0 Å². The summed E-state index contributed by atoms with van der Waals surface area (Å²) < 4.78 is 0. The molecule has 2 nitrogen and oxygen atoms in total. The highest BCUT2D eigenvalue weighted by Gasteiger charge is 2.10. The lowest BCUT2D eigenvalue weighted by atomic mass is 10.1. The van der Waals surface area contributed by atoms with Crippen molar-refractivity contribution in [2.24, 2.45) is 4.99 Å². The maximum atomic E-state index is 6.40. The van der Waals surface area contributed by atoms with E-state index in [9.17, 15) is 0 Å². The van der Waals surface area contributed by atoms with Crippen LogP contribution in [0.5, 0.6) is 0 Å². The summed E-state index contributed by atoms with van der Waals surface area (Å²) in [6.07, 6.45) is 4.77. The molecule has 0 radical (unpaired) electrons. The quantitative estimate of drug-likeness (QED) is 0.818. The van der Waals surface area contributed by atoms with Crippen LogP contribution in [-0.2, 0) is 6.42 Å². The zero-order chi connectivity index (χ0) is 11.7. The molecule has 0 unspecified atom stereocenters. The lowest BCUT2D eigenvalue weighted by Crippen LogP contribution is -2.25. The van der Waals surface area contributed by atoms with Crippen LogP contribution in [0.25, 0.3) is 5.03 Å². The molecule has 86 valence electrons. The second-order valence-electron chi connectivity index (χ2n) is 4.16. The van der Waals surface area contributed by atoms with Crippen LogP contribution in [0.15, 0.2) is 16.8 Å². The number of hydrogen-bond acceptors (Lipinski definition) is 1. The number of allylic oxidation sites excluding steroid dienone is 1. The fourth-order valence-corrected chi connectivity index (χ4v) is 2.52. The molecule has 0 spiro atoms. The van der Waals surface area contributed by atoms with Crippen molar-refractivity contribution in [1.82, 2.24) is 4.98 Å². The molecule has 1 N–H and O–H groups in total. The Hall–Kier alpha value is -1.02. The lowest BCUT2D eigenvalue weighted by Gasteiger charge is -2.00. The third-order valence-corrected chi connectivity index (χ3v) is 3.49. The Bertz CT molecular complexity index is 549. The van der Waals surface area contributed by atoms with Gasteiger partial charge in [0.15, 0.2) is 0 Å². The van der Waals surface area contributed by atoms with Crippen LogP contribution < -0.4 is 10.7 Å². The minimum atomic E-state index is 0.830. The van der Waals surface area contributed by atoms with Gasteiger partial charge in [-0.25, -0.2) is 4.99 Å². The average Bonchev–Trinajstić information content (AvgIpc) is 2.50. The number of rotatable bonds is 2. The molecule has 0 aliphatic carbocycles. The van der Waals surface area contributed by atoms with E-state index in [0.717, 1.165) is 35.0 Å². The normalized spacial score (nSPS) is 15.2. The molecule has 0 saturated heterocycles. The van der Waals surface area contributed by atoms with Gasteiger partial charge in [0, 0.05) is 28.6 Å². The number of hydrogen-bond donors (Lipinski definition) is 1. The monoisotopic (exact) mass is 236 g/mol. The van der Waals surface area contributed by atoms with E-state index in [2.05, 4.69) is 30.7 Å². The Morgan fingerprint density at radius 2 is 2.12 bits per heavy atom. The number of nitrogens with zero attached hydrogens (tertiary/aromatic N) is 1. The van der Waals surface area contributed by atoms with Gasteiger partial charge in [-0.3, -0.25) is 0 Å². The fraction of sp³-hybridized carbons (Fsp3) is 0.462. The number of halogens is 1. The molecular formula is C13H17ClN2. The second-order valence-corrected chi connectivity index (χ2v) is 4.61. The molecule has 0 bridgehead atoms. The van der Waals surface area contributed by atoms with Gasteiger partial charge >= 0.3 is 0 Å². The van der Waals surface area contributed by atoms with E-state index in [-0.39, 0.29) is 0 Å². The summed E-state index contributed by atoms with van der Waals surface area (Å²) >= 11 is 6.40. The summed E-state index contributed by atoms with van der Waals surface area (Å²) in [5, 5.41) is 2.02. The molecule has 0 saturated carbocycles. The summed E-state index contributed by atoms with van der Waals surface area (Å²) in [6, 6.07) is 0. The van der Waals surface area contributed by atoms with Crippen molar-refractivity contribution in [3.05, 3.63) is 33.7 Å². The third-order valence-electron chi connectivity index (χ3n) is 3.17. The van der Waals surface area contributed by atoms with Gasteiger partial charge in [0.1, 0.15) is 5.49 Å². The zero-order valence-electron chi connectivity index (χ0n) is 10.0. The molecule has 0 aromatic carbocycles. The Morgan fingerprint density at radius 3 is 2.75 bits per heavy atom. The van der Waals surface area contributed by atoms with Gasteiger partial charge < -0.3 is 4.98 Å². The van der Waals surface area contributed by atoms with Crippen LogP contribution in [0.4, 0.5) is 0 Å². The molecule has 1 aliphatic heterocycles. The molecule has 1 aromatic heterocycles. The molecule has 0 amide bonds. The number of aromatic amines is 1. The molecule has 3 heteroatoms. The van der Waals surface area contributed by atoms with Crippen molar-refractivity contribution in [3.63, 3.8) is 0 Å². The Kier molecular flexibility index (Phi) is 3.20. The van der Waals surface area contributed by atoms with E-state index in [0.29, 0.717) is 0 Å². The van der Waals surface area contributed by atoms with E-state index in [1.807, 2.05) is 6.20 Å². The predicted molar refractivity (Wildman–Crippen MR) is 67.9 cm³/mol. The maximum absolute atomic E-state index is 6.40. The van der Waals surface area contributed by atoms with Crippen LogP contribution in [0, 0.1) is 6.92 Å². The van der Waals surface area contributed by atoms with Crippen molar-refractivity contribution < 1.29 is 0 Å². The summed E-state index contributed by atoms with van der Waals surface area (Å²) in [5.74, 6) is 0. The third kappa shape index (κ3) is 1.82. The van der Waals surface area contributed by atoms with Crippen molar-refractivity contribution >= 4 is 16.6 Å². The number of nitrogens with one attached hydrogen (secondary N) is 1. The Labute approximate surface area is 101 Å². The standard InChI is InChI=1S/C13H17ClN2/c1-4-9-6-10(14)12-8(3)11(5-2)16-13(12)15-7-9/h7H,4-6H2,1-3H3,(H,15,16). The minimum Gasteiger partial charge on any atom is -0.343 e. The zero-order valence-corrected chi connectivity index (χ0v) is 10.8. The smallest absolute Gasteiger partial charge is 0.138 e. The number of aryl methyl sites for hydroxylation is 1. The molecule has 1 aliphatic rings. The first-order valence-corrected chi connectivity index (χ1v) is 6.17. The van der Waals surface area contributed by atoms with Gasteiger partial charge in [0.2, 0.25) is 0 Å². The van der Waals surface area contributed by atoms with Crippen molar-refractivity contribution in [2.75, 3.05) is 0 Å². The number of H-pyrrole nitrogens is 1. The largest absolute Gasteiger partial charge is 0.343 e. The second kappa shape index (κ2) is 4.46. The van der Waals surface area contributed by atoms with E-state index < -0.39 is 0 Å². The molecule has 2 rings (SSSR count). The first kappa shape index (κ1) is 11.5. The molecule has 1 aromatic rings. The molecule has 2 heterocycles. The maximum Gasteiger partial charge on any atom is 0.138 e. The first-order chi connectivity index (χ1) is 7.67. The summed E-state index contributed by atoms with van der Waals surface area (Å²) in [6.45, 7) is 6.39. The highest BCUT2D eigenvalue weighted by atomic mass is 35.5. The molecule has 0 atom stereocenters. The number of fused-ring (bicyclic) bond motifs is 1. The summed E-state index contributed by atoms with van der Waals surface area (Å²) in [5.41, 5.74) is 4.69. The summed E-state index contributed by atoms with van der Waals surface area (Å²) in [7, 11) is 0. The fourth-order valence-electron chi connectivity index (χ4n) is 2.12. The van der Waals surface area contributed by atoms with Gasteiger partial charge in [-0.2, -0.15) is 0 Å². The topological polar surface area (TPSA) is 28.1 Å². The van der Waals surface area contributed by atoms with Crippen LogP contribution in [0.1, 0.15) is 37.9 Å². The van der Waals surface area contributed by atoms with Gasteiger partial charge in [-0.05, 0) is 30.9 Å². The van der Waals surface area contributed by atoms with Gasteiger partial charge in [0.05, 0.1) is 0 Å². The van der Waals surface area contributed by atoms with Crippen molar-refractivity contribution in [3.8, 4) is 0 Å². The molecular weight excluding hydrogens is 220 g/mol. The van der Waals surface area contributed by atoms with Crippen molar-refractivity contribution in [2.45, 2.75) is 40.0 Å². The lowest BCUT2D eigenvalue weighted by molar-refractivity contribution is 1.01. The Morgan fingerprint density at radius 1 is 1.38 bits per heavy atom. The van der Waals surface area contributed by atoms with Gasteiger partial charge in [-0.1, -0.05) is 25.4 Å². The van der Waals surface area contributed by atoms with Crippen molar-refractivity contribution in [1.29, 1.82) is 0 Å². The van der Waals surface area contributed by atoms with E-state index in [4.69, 9.17) is 11.6 Å². The highest BCUT2D eigenvalue weighted by molar-refractivity contribution is 6.45. The first-order valence-electron chi connectivity index (χ1n) is 5.79. The van der Waals surface area contributed by atoms with Crippen LogP contribution in [-0.4, -0.2) is 4.98 Å². The highest BCUT2D eigenvalue weighted by Crippen LogP contribution is 2.19. The minimum absolute atomic E-state index is 0.830.